The summed E-state index contributed by atoms with van der Waals surface area (Å²) in [6, 6.07) is 0. The third-order valence-corrected chi connectivity index (χ3v) is 13.3. The average molecular weight is 541 g/mol. The molecule has 0 aromatic heterocycles. The Morgan fingerprint density at radius 3 is 2.29 bits per heavy atom. The Bertz CT molecular complexity index is 762. The lowest BCUT2D eigenvalue weighted by Gasteiger charge is -2.63. The first-order valence-corrected chi connectivity index (χ1v) is 14.7. The van der Waals surface area contributed by atoms with Crippen LogP contribution in [0.4, 0.5) is 0 Å². The second-order valence-corrected chi connectivity index (χ2v) is 14.6. The third kappa shape index (κ3) is 2.76. The molecule has 31 heavy (non-hydrogen) atoms. The van der Waals surface area contributed by atoms with Crippen LogP contribution in [0, 0.1) is 50.7 Å². The van der Waals surface area contributed by atoms with Crippen molar-refractivity contribution in [3.63, 3.8) is 0 Å². The predicted molar refractivity (Wildman–Crippen MR) is 135 cm³/mol. The Labute approximate surface area is 204 Å². The standard InChI is InChI=1S/C28H45IO2/c1-18(11-16-29)20-9-12-26(6)22-8-7-21-24(3,4)23(31-19(2)30)10-13-27(21)17-28(22,27)15-14-25(20,26)5/h18,20-23H,7-17H2,1-6H3/t18-,20-,21+,22+,23+,25-,26+,27-,28+/m1/s1. The largest absolute Gasteiger partial charge is 0.462 e. The maximum atomic E-state index is 11.8. The van der Waals surface area contributed by atoms with Gasteiger partial charge in [-0.05, 0) is 114 Å². The van der Waals surface area contributed by atoms with Gasteiger partial charge in [-0.3, -0.25) is 4.79 Å². The number of hydrogen-bond donors (Lipinski definition) is 0. The van der Waals surface area contributed by atoms with Crippen molar-refractivity contribution in [1.29, 1.82) is 0 Å². The normalized spacial score (nSPS) is 52.9. The van der Waals surface area contributed by atoms with Crippen molar-refractivity contribution < 1.29 is 9.53 Å². The van der Waals surface area contributed by atoms with Crippen molar-refractivity contribution in [2.24, 2.45) is 50.7 Å². The lowest BCUT2D eigenvalue weighted by Crippen LogP contribution is -2.58. The molecule has 2 nitrogen and oxygen atoms in total. The van der Waals surface area contributed by atoms with Gasteiger partial charge in [0.25, 0.3) is 0 Å². The van der Waals surface area contributed by atoms with Gasteiger partial charge in [0.1, 0.15) is 6.10 Å². The van der Waals surface area contributed by atoms with Crippen molar-refractivity contribution >= 4 is 28.6 Å². The van der Waals surface area contributed by atoms with E-state index in [1.54, 1.807) is 6.92 Å². The molecule has 0 amide bonds. The molecule has 176 valence electrons. The molecule has 0 saturated heterocycles. The Morgan fingerprint density at radius 2 is 1.61 bits per heavy atom. The minimum Gasteiger partial charge on any atom is -0.462 e. The molecule has 0 radical (unpaired) electrons. The summed E-state index contributed by atoms with van der Waals surface area (Å²) in [6.45, 7) is 14.4. The van der Waals surface area contributed by atoms with Crippen LogP contribution in [-0.2, 0) is 9.53 Å². The molecule has 0 aromatic rings. The van der Waals surface area contributed by atoms with E-state index in [1.165, 1.54) is 62.2 Å². The number of alkyl halides is 1. The average Bonchev–Trinajstić information content (AvgIpc) is 3.27. The van der Waals surface area contributed by atoms with E-state index in [4.69, 9.17) is 4.74 Å². The van der Waals surface area contributed by atoms with Crippen LogP contribution in [0.2, 0.25) is 0 Å². The van der Waals surface area contributed by atoms with E-state index in [-0.39, 0.29) is 17.5 Å². The fourth-order valence-electron chi connectivity index (χ4n) is 11.1. The number of carbonyl (C=O) groups is 1. The van der Waals surface area contributed by atoms with Crippen molar-refractivity contribution in [2.75, 3.05) is 4.43 Å². The van der Waals surface area contributed by atoms with E-state index in [0.29, 0.717) is 21.7 Å². The van der Waals surface area contributed by atoms with Crippen molar-refractivity contribution in [3.8, 4) is 0 Å². The van der Waals surface area contributed by atoms with E-state index in [2.05, 4.69) is 57.2 Å². The van der Waals surface area contributed by atoms with Crippen LogP contribution < -0.4 is 0 Å². The van der Waals surface area contributed by atoms with Crippen LogP contribution in [0.1, 0.15) is 106 Å². The summed E-state index contributed by atoms with van der Waals surface area (Å²) in [5.41, 5.74) is 2.33. The summed E-state index contributed by atoms with van der Waals surface area (Å²) >= 11 is 2.58. The van der Waals surface area contributed by atoms with E-state index in [1.807, 2.05) is 0 Å². The highest BCUT2D eigenvalue weighted by atomic mass is 127. The third-order valence-electron chi connectivity index (χ3n) is 12.7. The quantitative estimate of drug-likeness (QED) is 0.207. The minimum absolute atomic E-state index is 0.0909. The number of rotatable bonds is 4. The number of carbonyl (C=O) groups excluding carboxylic acids is 1. The first-order chi connectivity index (χ1) is 14.5. The van der Waals surface area contributed by atoms with Gasteiger partial charge in [-0.2, -0.15) is 0 Å². The molecule has 9 atom stereocenters. The molecule has 0 bridgehead atoms. The molecule has 5 saturated carbocycles. The summed E-state index contributed by atoms with van der Waals surface area (Å²) in [5, 5.41) is 0. The first kappa shape index (κ1) is 23.0. The predicted octanol–water partition coefficient (Wildman–Crippen LogP) is 7.82. The molecule has 0 N–H and O–H groups in total. The van der Waals surface area contributed by atoms with Crippen LogP contribution in [0.25, 0.3) is 0 Å². The topological polar surface area (TPSA) is 26.3 Å². The molecule has 5 rings (SSSR count). The Kier molecular flexibility index (Phi) is 5.26. The zero-order valence-electron chi connectivity index (χ0n) is 20.9. The molecular formula is C28H45IO2. The van der Waals surface area contributed by atoms with Gasteiger partial charge in [0.15, 0.2) is 0 Å². The lowest BCUT2D eigenvalue weighted by molar-refractivity contribution is -0.181. The summed E-state index contributed by atoms with van der Waals surface area (Å²) in [5.74, 6) is 3.37. The molecular weight excluding hydrogens is 495 g/mol. The van der Waals surface area contributed by atoms with Crippen molar-refractivity contribution in [2.45, 2.75) is 112 Å². The molecule has 0 aliphatic heterocycles. The smallest absolute Gasteiger partial charge is 0.302 e. The van der Waals surface area contributed by atoms with Crippen LogP contribution in [-0.4, -0.2) is 16.5 Å². The zero-order chi connectivity index (χ0) is 22.4. The fraction of sp³-hybridized carbons (Fsp3) is 0.964. The summed E-state index contributed by atoms with van der Waals surface area (Å²) < 4.78 is 7.19. The number of hydrogen-bond acceptors (Lipinski definition) is 2. The van der Waals surface area contributed by atoms with E-state index in [0.717, 1.165) is 30.1 Å². The number of fused-ring (bicyclic) bond motifs is 2. The van der Waals surface area contributed by atoms with E-state index >= 15 is 0 Å². The van der Waals surface area contributed by atoms with Gasteiger partial charge in [-0.15, -0.1) is 0 Å². The van der Waals surface area contributed by atoms with Crippen LogP contribution >= 0.6 is 22.6 Å². The Balaban J connectivity index is 1.45. The van der Waals surface area contributed by atoms with E-state index < -0.39 is 0 Å². The maximum Gasteiger partial charge on any atom is 0.302 e. The molecule has 5 aliphatic carbocycles. The van der Waals surface area contributed by atoms with Crippen LogP contribution in [0.5, 0.6) is 0 Å². The van der Waals surface area contributed by atoms with Crippen LogP contribution in [0.3, 0.4) is 0 Å². The van der Waals surface area contributed by atoms with Gasteiger partial charge in [0.2, 0.25) is 0 Å². The first-order valence-electron chi connectivity index (χ1n) is 13.2. The van der Waals surface area contributed by atoms with Gasteiger partial charge in [-0.1, -0.05) is 57.2 Å². The second-order valence-electron chi connectivity index (χ2n) is 13.6. The SMILES string of the molecule is CC(=O)O[C@H]1CC[C@]23C[C@]24CC[C@]2(C)[C@@H]([C@H](C)CCI)CC[C@@]2(C)[C@@H]4CC[C@H]3C1(C)C. The van der Waals surface area contributed by atoms with Crippen molar-refractivity contribution in [1.82, 2.24) is 0 Å². The molecule has 0 aromatic carbocycles. The zero-order valence-corrected chi connectivity index (χ0v) is 23.0. The lowest BCUT2D eigenvalue weighted by atomic mass is 9.41. The van der Waals surface area contributed by atoms with E-state index in [9.17, 15) is 4.79 Å². The van der Waals surface area contributed by atoms with Gasteiger partial charge in [0, 0.05) is 12.3 Å². The minimum atomic E-state index is -0.0909. The molecule has 5 fully saturated rings. The molecule has 0 unspecified atom stereocenters. The van der Waals surface area contributed by atoms with Gasteiger partial charge < -0.3 is 4.74 Å². The van der Waals surface area contributed by atoms with Gasteiger partial charge >= 0.3 is 5.97 Å². The second kappa shape index (κ2) is 7.11. The molecule has 3 heteroatoms. The molecule has 2 spiro atoms. The Hall–Kier alpha value is 0.200. The van der Waals surface area contributed by atoms with Gasteiger partial charge in [-0.25, -0.2) is 0 Å². The maximum absolute atomic E-state index is 11.8. The Morgan fingerprint density at radius 1 is 0.935 bits per heavy atom. The highest BCUT2D eigenvalue weighted by Crippen LogP contribution is 2.89. The van der Waals surface area contributed by atoms with Crippen molar-refractivity contribution in [3.05, 3.63) is 0 Å². The monoisotopic (exact) mass is 540 g/mol. The highest BCUT2D eigenvalue weighted by Gasteiger charge is 2.82. The summed E-state index contributed by atoms with van der Waals surface area (Å²) in [7, 11) is 0. The number of ether oxygens (including phenoxy) is 1. The summed E-state index contributed by atoms with van der Waals surface area (Å²) in [6.07, 6.45) is 14.0. The molecule has 5 aliphatic rings. The number of halogens is 1. The number of esters is 1. The summed E-state index contributed by atoms with van der Waals surface area (Å²) in [4.78, 5) is 11.8. The molecule has 0 heterocycles. The highest BCUT2D eigenvalue weighted by molar-refractivity contribution is 14.1. The van der Waals surface area contributed by atoms with Gasteiger partial charge in [0.05, 0.1) is 0 Å². The van der Waals surface area contributed by atoms with Crippen LogP contribution in [0.15, 0.2) is 0 Å². The fourth-order valence-corrected chi connectivity index (χ4v) is 12.1.